The van der Waals surface area contributed by atoms with E-state index in [1.165, 1.54) is 47.8 Å². The standard InChI is InChI=1S/C13H8F3IN2O2/c1-7-6-18-10(11(17)20)12(21)19(7)9-4-2-3-8(5-9)13(14,15)16/h2-6H,1H3. The Morgan fingerprint density at radius 2 is 2.00 bits per heavy atom. The highest BCUT2D eigenvalue weighted by atomic mass is 127. The number of aromatic nitrogens is 2. The molecular formula is C13H8F3IN2O2. The first-order valence-corrected chi connectivity index (χ1v) is 6.76. The van der Waals surface area contributed by atoms with Gasteiger partial charge in [-0.3, -0.25) is 14.2 Å². The Labute approximate surface area is 130 Å². The Morgan fingerprint density at radius 1 is 1.33 bits per heavy atom. The second kappa shape index (κ2) is 5.58. The van der Waals surface area contributed by atoms with E-state index >= 15 is 0 Å². The first kappa shape index (κ1) is 15.7. The van der Waals surface area contributed by atoms with Crippen LogP contribution in [0.5, 0.6) is 0 Å². The van der Waals surface area contributed by atoms with Crippen molar-refractivity contribution in [2.45, 2.75) is 13.1 Å². The fourth-order valence-corrected chi connectivity index (χ4v) is 2.18. The molecular weight excluding hydrogens is 400 g/mol. The van der Waals surface area contributed by atoms with Crippen LogP contribution in [0.1, 0.15) is 21.7 Å². The van der Waals surface area contributed by atoms with E-state index in [1.54, 1.807) is 0 Å². The van der Waals surface area contributed by atoms with Gasteiger partial charge in [-0.05, 0) is 25.1 Å². The molecule has 0 aliphatic heterocycles. The Kier molecular flexibility index (Phi) is 4.17. The molecule has 1 aromatic heterocycles. The molecule has 21 heavy (non-hydrogen) atoms. The number of carbonyl (C=O) groups excluding carboxylic acids is 1. The Balaban J connectivity index is 2.71. The highest BCUT2D eigenvalue weighted by Gasteiger charge is 2.30. The summed E-state index contributed by atoms with van der Waals surface area (Å²) >= 11 is 1.41. The van der Waals surface area contributed by atoms with Crippen molar-refractivity contribution in [1.29, 1.82) is 0 Å². The van der Waals surface area contributed by atoms with E-state index in [1.807, 2.05) is 0 Å². The molecule has 0 saturated heterocycles. The summed E-state index contributed by atoms with van der Waals surface area (Å²) in [5.41, 5.74) is -1.56. The van der Waals surface area contributed by atoms with Crippen molar-refractivity contribution in [1.82, 2.24) is 9.55 Å². The number of benzene rings is 1. The van der Waals surface area contributed by atoms with Crippen molar-refractivity contribution in [2.75, 3.05) is 0 Å². The maximum atomic E-state index is 12.7. The van der Waals surface area contributed by atoms with Crippen LogP contribution >= 0.6 is 22.6 Å². The van der Waals surface area contributed by atoms with E-state index in [0.717, 1.165) is 16.7 Å². The monoisotopic (exact) mass is 408 g/mol. The lowest BCUT2D eigenvalue weighted by Crippen LogP contribution is -2.27. The minimum Gasteiger partial charge on any atom is -0.280 e. The van der Waals surface area contributed by atoms with Gasteiger partial charge in [-0.2, -0.15) is 13.2 Å². The number of alkyl halides is 3. The summed E-state index contributed by atoms with van der Waals surface area (Å²) in [6.07, 6.45) is -3.24. The highest BCUT2D eigenvalue weighted by Crippen LogP contribution is 2.30. The third-order valence-electron chi connectivity index (χ3n) is 2.76. The van der Waals surface area contributed by atoms with Gasteiger partial charge in [0.25, 0.3) is 5.56 Å². The summed E-state index contributed by atoms with van der Waals surface area (Å²) in [4.78, 5) is 27.2. The molecule has 0 unspecified atom stereocenters. The summed E-state index contributed by atoms with van der Waals surface area (Å²) in [7, 11) is 0. The average Bonchev–Trinajstić information content (AvgIpc) is 2.37. The molecule has 0 spiro atoms. The van der Waals surface area contributed by atoms with Gasteiger partial charge in [0.15, 0.2) is 5.69 Å². The zero-order valence-corrected chi connectivity index (χ0v) is 12.8. The minimum absolute atomic E-state index is 0.0358. The van der Waals surface area contributed by atoms with Crippen molar-refractivity contribution in [3.05, 3.63) is 57.8 Å². The van der Waals surface area contributed by atoms with Crippen molar-refractivity contribution >= 4 is 26.4 Å². The lowest BCUT2D eigenvalue weighted by Gasteiger charge is -2.13. The van der Waals surface area contributed by atoms with E-state index in [4.69, 9.17) is 0 Å². The van der Waals surface area contributed by atoms with Gasteiger partial charge >= 0.3 is 6.18 Å². The van der Waals surface area contributed by atoms with E-state index < -0.39 is 21.1 Å². The molecule has 2 aromatic rings. The van der Waals surface area contributed by atoms with Crippen LogP contribution < -0.4 is 5.56 Å². The molecule has 0 bridgehead atoms. The van der Waals surface area contributed by atoms with Gasteiger partial charge in [0.05, 0.1) is 5.56 Å². The molecule has 0 radical (unpaired) electrons. The number of hydrogen-bond acceptors (Lipinski definition) is 3. The molecule has 8 heteroatoms. The molecule has 4 nitrogen and oxygen atoms in total. The molecule has 0 N–H and O–H groups in total. The molecule has 110 valence electrons. The molecule has 1 heterocycles. The van der Waals surface area contributed by atoms with Crippen LogP contribution in [0.15, 0.2) is 35.3 Å². The van der Waals surface area contributed by atoms with Gasteiger partial charge in [-0.25, -0.2) is 4.98 Å². The number of carbonyl (C=O) groups is 1. The zero-order chi connectivity index (χ0) is 15.8. The Bertz CT molecular complexity index is 769. The third kappa shape index (κ3) is 3.14. The predicted octanol–water partition coefficient (Wildman–Crippen LogP) is 3.13. The van der Waals surface area contributed by atoms with Crippen LogP contribution in [-0.4, -0.2) is 13.3 Å². The highest BCUT2D eigenvalue weighted by molar-refractivity contribution is 14.1. The van der Waals surface area contributed by atoms with Crippen molar-refractivity contribution in [3.8, 4) is 5.69 Å². The van der Waals surface area contributed by atoms with Crippen LogP contribution in [0.3, 0.4) is 0 Å². The summed E-state index contributed by atoms with van der Waals surface area (Å²) in [6, 6.07) is 4.34. The molecule has 0 aliphatic carbocycles. The second-order valence-corrected chi connectivity index (χ2v) is 5.19. The van der Waals surface area contributed by atoms with Crippen molar-refractivity contribution in [3.63, 3.8) is 0 Å². The Morgan fingerprint density at radius 3 is 2.57 bits per heavy atom. The topological polar surface area (TPSA) is 52.0 Å². The van der Waals surface area contributed by atoms with Gasteiger partial charge in [-0.15, -0.1) is 0 Å². The Hall–Kier alpha value is -1.71. The molecule has 0 saturated carbocycles. The second-order valence-electron chi connectivity index (χ2n) is 4.21. The first-order valence-electron chi connectivity index (χ1n) is 5.68. The first-order chi connectivity index (χ1) is 9.71. The summed E-state index contributed by atoms with van der Waals surface area (Å²) < 4.78 is 38.7. The predicted molar refractivity (Wildman–Crippen MR) is 77.9 cm³/mol. The number of aryl methyl sites for hydroxylation is 1. The van der Waals surface area contributed by atoms with E-state index in [0.29, 0.717) is 5.69 Å². The van der Waals surface area contributed by atoms with Gasteiger partial charge in [0.1, 0.15) is 0 Å². The van der Waals surface area contributed by atoms with Crippen LogP contribution in [0.4, 0.5) is 13.2 Å². The van der Waals surface area contributed by atoms with Crippen molar-refractivity contribution in [2.24, 2.45) is 0 Å². The smallest absolute Gasteiger partial charge is 0.280 e. The number of nitrogens with zero attached hydrogens (tertiary/aromatic N) is 2. The largest absolute Gasteiger partial charge is 0.416 e. The zero-order valence-electron chi connectivity index (χ0n) is 10.6. The van der Waals surface area contributed by atoms with Crippen LogP contribution in [0.25, 0.3) is 5.69 Å². The number of rotatable bonds is 2. The van der Waals surface area contributed by atoms with Gasteiger partial charge in [0.2, 0.25) is 3.79 Å². The van der Waals surface area contributed by atoms with Gasteiger partial charge in [0, 0.05) is 40.2 Å². The average molecular weight is 408 g/mol. The quantitative estimate of drug-likeness (QED) is 0.567. The summed E-state index contributed by atoms with van der Waals surface area (Å²) in [5, 5.41) is 0. The number of halogens is 4. The maximum Gasteiger partial charge on any atom is 0.416 e. The molecule has 0 fully saturated rings. The van der Waals surface area contributed by atoms with Crippen LogP contribution in [0.2, 0.25) is 0 Å². The molecule has 0 atom stereocenters. The van der Waals surface area contributed by atoms with Gasteiger partial charge < -0.3 is 0 Å². The number of hydrogen-bond donors (Lipinski definition) is 0. The van der Waals surface area contributed by atoms with Gasteiger partial charge in [-0.1, -0.05) is 6.07 Å². The minimum atomic E-state index is -4.51. The molecule has 0 amide bonds. The lowest BCUT2D eigenvalue weighted by atomic mass is 10.2. The van der Waals surface area contributed by atoms with E-state index in [-0.39, 0.29) is 11.4 Å². The third-order valence-corrected chi connectivity index (χ3v) is 3.27. The van der Waals surface area contributed by atoms with Crippen LogP contribution in [-0.2, 0) is 6.18 Å². The van der Waals surface area contributed by atoms with Crippen molar-refractivity contribution < 1.29 is 18.0 Å². The maximum absolute atomic E-state index is 12.7. The summed E-state index contributed by atoms with van der Waals surface area (Å²) in [5.74, 6) is 0. The molecule has 2 rings (SSSR count). The fraction of sp³-hybridized carbons (Fsp3) is 0.154. The lowest BCUT2D eigenvalue weighted by molar-refractivity contribution is -0.137. The molecule has 0 aliphatic rings. The normalized spacial score (nSPS) is 11.5. The SMILES string of the molecule is Cc1cnc(C(=O)I)c(=O)n1-c1cccc(C(F)(F)F)c1. The van der Waals surface area contributed by atoms with Crippen LogP contribution in [0, 0.1) is 6.92 Å². The summed E-state index contributed by atoms with van der Waals surface area (Å²) in [6.45, 7) is 1.52. The van der Waals surface area contributed by atoms with E-state index in [2.05, 4.69) is 4.98 Å². The van der Waals surface area contributed by atoms with E-state index in [9.17, 15) is 22.8 Å². The molecule has 1 aromatic carbocycles. The fourth-order valence-electron chi connectivity index (χ4n) is 1.81.